The fourth-order valence-corrected chi connectivity index (χ4v) is 2.06. The van der Waals surface area contributed by atoms with Gasteiger partial charge in [0.25, 0.3) is 0 Å². The normalized spacial score (nSPS) is 9.60. The summed E-state index contributed by atoms with van der Waals surface area (Å²) in [6.45, 7) is 0.702. The smallest absolute Gasteiger partial charge is 0.234 e. The molecule has 1 aromatic rings. The number of amides is 2. The quantitative estimate of drug-likeness (QED) is 0.740. The first-order chi connectivity index (χ1) is 9.63. The average molecular weight is 338 g/mol. The van der Waals surface area contributed by atoms with Gasteiger partial charge >= 0.3 is 0 Å². The molecule has 0 bridgehead atoms. The maximum absolute atomic E-state index is 11.6. The second kappa shape index (κ2) is 9.10. The molecule has 0 heterocycles. The van der Waals surface area contributed by atoms with E-state index >= 15 is 0 Å². The number of aryl methyl sites for hydroxylation is 1. The van der Waals surface area contributed by atoms with Crippen LogP contribution in [0.2, 0.25) is 0 Å². The highest BCUT2D eigenvalue weighted by Gasteiger charge is 2.04. The van der Waals surface area contributed by atoms with Gasteiger partial charge < -0.3 is 10.6 Å². The summed E-state index contributed by atoms with van der Waals surface area (Å²) < 4.78 is 0.997. The Morgan fingerprint density at radius 1 is 1.15 bits per heavy atom. The van der Waals surface area contributed by atoms with Crippen molar-refractivity contribution in [3.05, 3.63) is 34.3 Å². The molecule has 0 aliphatic heterocycles. The lowest BCUT2D eigenvalue weighted by molar-refractivity contribution is -0.122. The molecule has 0 spiro atoms. The molecule has 6 heteroatoms. The standard InChI is InChI=1S/C14H16BrN3O2/c15-12-4-2-1-3-11(12)5-6-13(19)17-9-10-18-14(20)7-8-16/h1-4H,5-7,9-10H2,(H,17,19)(H,18,20). The van der Waals surface area contributed by atoms with Crippen LogP contribution >= 0.6 is 15.9 Å². The molecule has 1 aromatic carbocycles. The van der Waals surface area contributed by atoms with E-state index in [0.29, 0.717) is 25.9 Å². The first-order valence-corrected chi connectivity index (χ1v) is 7.06. The largest absolute Gasteiger partial charge is 0.354 e. The van der Waals surface area contributed by atoms with Crippen LogP contribution in [-0.4, -0.2) is 24.9 Å². The van der Waals surface area contributed by atoms with Crippen molar-refractivity contribution in [2.24, 2.45) is 0 Å². The molecule has 0 unspecified atom stereocenters. The van der Waals surface area contributed by atoms with Crippen molar-refractivity contribution in [1.82, 2.24) is 10.6 Å². The molecule has 2 N–H and O–H groups in total. The Hall–Kier alpha value is -1.87. The number of halogens is 1. The van der Waals surface area contributed by atoms with E-state index in [1.165, 1.54) is 0 Å². The lowest BCUT2D eigenvalue weighted by atomic mass is 10.1. The minimum Gasteiger partial charge on any atom is -0.354 e. The minimum absolute atomic E-state index is 0.0599. The van der Waals surface area contributed by atoms with Gasteiger partial charge in [-0.2, -0.15) is 5.26 Å². The Morgan fingerprint density at radius 2 is 1.80 bits per heavy atom. The monoisotopic (exact) mass is 337 g/mol. The number of benzene rings is 1. The minimum atomic E-state index is -0.324. The zero-order chi connectivity index (χ0) is 14.8. The maximum atomic E-state index is 11.6. The second-order valence-electron chi connectivity index (χ2n) is 4.13. The lowest BCUT2D eigenvalue weighted by Crippen LogP contribution is -2.34. The SMILES string of the molecule is N#CCC(=O)NCCNC(=O)CCc1ccccc1Br. The van der Waals surface area contributed by atoms with Gasteiger partial charge in [0, 0.05) is 24.0 Å². The van der Waals surface area contributed by atoms with Crippen LogP contribution in [0.4, 0.5) is 0 Å². The highest BCUT2D eigenvalue weighted by Crippen LogP contribution is 2.17. The first-order valence-electron chi connectivity index (χ1n) is 6.27. The van der Waals surface area contributed by atoms with E-state index in [0.717, 1.165) is 10.0 Å². The van der Waals surface area contributed by atoms with E-state index in [9.17, 15) is 9.59 Å². The van der Waals surface area contributed by atoms with E-state index in [4.69, 9.17) is 5.26 Å². The van der Waals surface area contributed by atoms with Crippen LogP contribution in [0.5, 0.6) is 0 Å². The predicted octanol–water partition coefficient (Wildman–Crippen LogP) is 1.53. The fraction of sp³-hybridized carbons (Fsp3) is 0.357. The summed E-state index contributed by atoms with van der Waals surface area (Å²) in [5.41, 5.74) is 1.09. The Morgan fingerprint density at radius 3 is 2.45 bits per heavy atom. The van der Waals surface area contributed by atoms with Crippen LogP contribution in [0, 0.1) is 11.3 Å². The molecule has 0 aromatic heterocycles. The van der Waals surface area contributed by atoms with Crippen molar-refractivity contribution in [3.8, 4) is 6.07 Å². The van der Waals surface area contributed by atoms with Gasteiger partial charge in [0.2, 0.25) is 11.8 Å². The fourth-order valence-electron chi connectivity index (χ4n) is 1.58. The Labute approximate surface area is 126 Å². The first kappa shape index (κ1) is 16.2. The van der Waals surface area contributed by atoms with Crippen LogP contribution in [0.3, 0.4) is 0 Å². The van der Waals surface area contributed by atoms with Gasteiger partial charge in [-0.05, 0) is 18.1 Å². The second-order valence-corrected chi connectivity index (χ2v) is 4.98. The van der Waals surface area contributed by atoms with Crippen molar-refractivity contribution in [2.45, 2.75) is 19.3 Å². The topological polar surface area (TPSA) is 82.0 Å². The van der Waals surface area contributed by atoms with Crippen molar-refractivity contribution < 1.29 is 9.59 Å². The van der Waals surface area contributed by atoms with E-state index in [2.05, 4.69) is 26.6 Å². The number of nitrogens with zero attached hydrogens (tertiary/aromatic N) is 1. The number of hydrogen-bond donors (Lipinski definition) is 2. The van der Waals surface area contributed by atoms with Crippen LogP contribution in [0.15, 0.2) is 28.7 Å². The van der Waals surface area contributed by atoms with Gasteiger partial charge in [-0.1, -0.05) is 34.1 Å². The van der Waals surface area contributed by atoms with Crippen molar-refractivity contribution in [3.63, 3.8) is 0 Å². The number of rotatable bonds is 7. The molecule has 0 saturated heterocycles. The number of hydrogen-bond acceptors (Lipinski definition) is 3. The van der Waals surface area contributed by atoms with E-state index in [1.54, 1.807) is 6.07 Å². The van der Waals surface area contributed by atoms with Gasteiger partial charge in [-0.15, -0.1) is 0 Å². The molecular formula is C14H16BrN3O2. The summed E-state index contributed by atoms with van der Waals surface area (Å²) in [4.78, 5) is 22.6. The molecular weight excluding hydrogens is 322 g/mol. The summed E-state index contributed by atoms with van der Waals surface area (Å²) in [5, 5.41) is 13.6. The molecule has 0 radical (unpaired) electrons. The van der Waals surface area contributed by atoms with Gasteiger partial charge in [0.15, 0.2) is 0 Å². The third-order valence-corrected chi connectivity index (χ3v) is 3.36. The van der Waals surface area contributed by atoms with E-state index in [-0.39, 0.29) is 18.2 Å². The van der Waals surface area contributed by atoms with Gasteiger partial charge in [-0.3, -0.25) is 9.59 Å². The molecule has 106 valence electrons. The Balaban J connectivity index is 2.17. The van der Waals surface area contributed by atoms with Crippen LogP contribution in [-0.2, 0) is 16.0 Å². The molecule has 5 nitrogen and oxygen atoms in total. The zero-order valence-electron chi connectivity index (χ0n) is 11.0. The van der Waals surface area contributed by atoms with Crippen LogP contribution in [0.25, 0.3) is 0 Å². The number of nitrogens with one attached hydrogen (secondary N) is 2. The molecule has 1 rings (SSSR count). The van der Waals surface area contributed by atoms with E-state index in [1.807, 2.05) is 24.3 Å². The summed E-state index contributed by atoms with van der Waals surface area (Å²) in [5.74, 6) is -0.384. The number of carbonyl (C=O) groups is 2. The lowest BCUT2D eigenvalue weighted by Gasteiger charge is -2.07. The van der Waals surface area contributed by atoms with E-state index < -0.39 is 0 Å². The highest BCUT2D eigenvalue weighted by molar-refractivity contribution is 9.10. The number of nitriles is 1. The Kier molecular flexibility index (Phi) is 7.36. The van der Waals surface area contributed by atoms with Crippen molar-refractivity contribution >= 4 is 27.7 Å². The predicted molar refractivity (Wildman–Crippen MR) is 78.7 cm³/mol. The Bertz CT molecular complexity index is 511. The van der Waals surface area contributed by atoms with Crippen LogP contribution < -0.4 is 10.6 Å². The zero-order valence-corrected chi connectivity index (χ0v) is 12.6. The van der Waals surface area contributed by atoms with Crippen LogP contribution in [0.1, 0.15) is 18.4 Å². The maximum Gasteiger partial charge on any atom is 0.234 e. The number of carbonyl (C=O) groups excluding carboxylic acids is 2. The molecule has 0 aliphatic carbocycles. The van der Waals surface area contributed by atoms with Gasteiger partial charge in [-0.25, -0.2) is 0 Å². The summed E-state index contributed by atoms with van der Waals surface area (Å²) in [6, 6.07) is 9.53. The summed E-state index contributed by atoms with van der Waals surface area (Å²) >= 11 is 3.44. The third kappa shape index (κ3) is 6.34. The summed E-state index contributed by atoms with van der Waals surface area (Å²) in [7, 11) is 0. The molecule has 0 atom stereocenters. The molecule has 0 saturated carbocycles. The molecule has 0 fully saturated rings. The van der Waals surface area contributed by atoms with Gasteiger partial charge in [0.05, 0.1) is 6.07 Å². The molecule has 2 amide bonds. The van der Waals surface area contributed by atoms with Crippen molar-refractivity contribution in [1.29, 1.82) is 5.26 Å². The highest BCUT2D eigenvalue weighted by atomic mass is 79.9. The van der Waals surface area contributed by atoms with Gasteiger partial charge in [0.1, 0.15) is 6.42 Å². The molecule has 20 heavy (non-hydrogen) atoms. The van der Waals surface area contributed by atoms with Crippen molar-refractivity contribution in [2.75, 3.05) is 13.1 Å². The third-order valence-electron chi connectivity index (χ3n) is 2.59. The summed E-state index contributed by atoms with van der Waals surface area (Å²) in [6.07, 6.45) is 0.902. The average Bonchev–Trinajstić information content (AvgIpc) is 2.43. The molecule has 0 aliphatic rings.